The fraction of sp³-hybridized carbons (Fsp3) is 0.545. The van der Waals surface area contributed by atoms with E-state index in [9.17, 15) is 0 Å². The van der Waals surface area contributed by atoms with Crippen molar-refractivity contribution in [2.45, 2.75) is 18.6 Å². The summed E-state index contributed by atoms with van der Waals surface area (Å²) in [5.41, 5.74) is 0. The fourth-order valence-electron chi connectivity index (χ4n) is 1.17. The van der Waals surface area contributed by atoms with Gasteiger partial charge in [0.1, 0.15) is 0 Å². The molecule has 0 bridgehead atoms. The van der Waals surface area contributed by atoms with Gasteiger partial charge < -0.3 is 9.47 Å². The Morgan fingerprint density at radius 2 is 1.77 bits per heavy atom. The molecule has 1 aliphatic rings. The lowest BCUT2D eigenvalue weighted by Gasteiger charge is -2.32. The summed E-state index contributed by atoms with van der Waals surface area (Å²) in [5.74, 6) is 3.70. The van der Waals surface area contributed by atoms with Crippen LogP contribution in [-0.4, -0.2) is 19.0 Å². The van der Waals surface area contributed by atoms with Gasteiger partial charge in [0.05, 0.1) is 13.2 Å². The molecule has 0 unspecified atom stereocenters. The minimum Gasteiger partial charge on any atom is -0.329 e. The molecule has 1 fully saturated rings. The van der Waals surface area contributed by atoms with Crippen molar-refractivity contribution in [2.24, 2.45) is 5.92 Å². The molecule has 0 aromatic heterocycles. The zero-order chi connectivity index (χ0) is 9.73. The Labute approximate surface area is 79.6 Å². The van der Waals surface area contributed by atoms with Crippen molar-refractivity contribution in [2.75, 3.05) is 13.2 Å². The van der Waals surface area contributed by atoms with E-state index in [2.05, 4.69) is 11.8 Å². The van der Waals surface area contributed by atoms with Gasteiger partial charge in [0.2, 0.25) is 0 Å². The summed E-state index contributed by atoms with van der Waals surface area (Å²) in [7, 11) is 0. The first-order valence-corrected chi connectivity index (χ1v) is 4.20. The number of hydrogen-bond acceptors (Lipinski definition) is 2. The average molecular weight is 176 g/mol. The van der Waals surface area contributed by atoms with E-state index in [-0.39, 0.29) is 0 Å². The Hall–Kier alpha value is -0.960. The predicted molar refractivity (Wildman–Crippen MR) is 49.3 cm³/mol. The van der Waals surface area contributed by atoms with Gasteiger partial charge in [-0.05, 0) is 31.6 Å². The smallest absolute Gasteiger partial charge is 0.300 e. The van der Waals surface area contributed by atoms with Crippen molar-refractivity contribution in [3.8, 4) is 24.7 Å². The van der Waals surface area contributed by atoms with Crippen LogP contribution in [0.1, 0.15) is 12.8 Å². The Kier molecular flexibility index (Phi) is 3.37. The van der Waals surface area contributed by atoms with E-state index in [1.165, 1.54) is 0 Å². The zero-order valence-corrected chi connectivity index (χ0v) is 7.45. The zero-order valence-electron chi connectivity index (χ0n) is 7.45. The fourth-order valence-corrected chi connectivity index (χ4v) is 1.17. The van der Waals surface area contributed by atoms with E-state index in [4.69, 9.17) is 29.2 Å². The minimum absolute atomic E-state index is 0.305. The monoisotopic (exact) mass is 176 g/mol. The first-order valence-electron chi connectivity index (χ1n) is 4.20. The van der Waals surface area contributed by atoms with Gasteiger partial charge in [-0.3, -0.25) is 0 Å². The lowest BCUT2D eigenvalue weighted by atomic mass is 10.0. The highest BCUT2D eigenvalue weighted by atomic mass is 16.7. The Morgan fingerprint density at radius 3 is 2.15 bits per heavy atom. The van der Waals surface area contributed by atoms with Crippen LogP contribution >= 0.6 is 0 Å². The summed E-state index contributed by atoms with van der Waals surface area (Å²) in [6, 6.07) is 0. The van der Waals surface area contributed by atoms with E-state index in [0.717, 1.165) is 6.42 Å². The van der Waals surface area contributed by atoms with Crippen LogP contribution in [0.15, 0.2) is 0 Å². The van der Waals surface area contributed by atoms with Crippen molar-refractivity contribution >= 4 is 0 Å². The van der Waals surface area contributed by atoms with Crippen LogP contribution in [0.25, 0.3) is 0 Å². The Morgan fingerprint density at radius 1 is 1.23 bits per heavy atom. The maximum Gasteiger partial charge on any atom is 0.300 e. The molecule has 1 rings (SSSR count). The van der Waals surface area contributed by atoms with Crippen molar-refractivity contribution < 1.29 is 9.47 Å². The van der Waals surface area contributed by atoms with E-state index in [0.29, 0.717) is 25.6 Å². The van der Waals surface area contributed by atoms with Gasteiger partial charge in [-0.1, -0.05) is 0 Å². The normalized spacial score (nSPS) is 21.8. The predicted octanol–water partition coefficient (Wildman–Crippen LogP) is 1.10. The third-order valence-corrected chi connectivity index (χ3v) is 2.00. The molecule has 0 spiro atoms. The van der Waals surface area contributed by atoms with Gasteiger partial charge in [-0.2, -0.15) is 0 Å². The maximum absolute atomic E-state index is 5.40. The maximum atomic E-state index is 5.40. The second-order valence-electron chi connectivity index (χ2n) is 2.97. The van der Waals surface area contributed by atoms with Crippen LogP contribution in [0.5, 0.6) is 0 Å². The van der Waals surface area contributed by atoms with Crippen molar-refractivity contribution in [3.63, 3.8) is 0 Å². The molecule has 1 aliphatic heterocycles. The summed E-state index contributed by atoms with van der Waals surface area (Å²) in [5, 5.41) is 0. The van der Waals surface area contributed by atoms with Gasteiger partial charge in [-0.15, -0.1) is 12.8 Å². The lowest BCUT2D eigenvalue weighted by molar-refractivity contribution is -0.214. The first-order chi connectivity index (χ1) is 6.26. The number of rotatable bonds is 2. The molecule has 0 aliphatic carbocycles. The van der Waals surface area contributed by atoms with Crippen LogP contribution in [0.3, 0.4) is 0 Å². The highest BCUT2D eigenvalue weighted by molar-refractivity contribution is 5.20. The summed E-state index contributed by atoms with van der Waals surface area (Å²) in [6.45, 7) is 6.44. The number of hydrogen-bond donors (Lipinski definition) is 0. The van der Waals surface area contributed by atoms with Crippen LogP contribution in [0.2, 0.25) is 0 Å². The standard InChI is InChI=1S/C11H12O2/c1-4-7-10-8-12-11(5-2,6-3)13-9-10/h1-3,10H,4,7-9H2. The lowest BCUT2D eigenvalue weighted by Crippen LogP contribution is -2.41. The van der Waals surface area contributed by atoms with Gasteiger partial charge in [0, 0.05) is 5.92 Å². The van der Waals surface area contributed by atoms with Crippen LogP contribution in [0.4, 0.5) is 0 Å². The number of ether oxygens (including phenoxy) is 2. The summed E-state index contributed by atoms with van der Waals surface area (Å²) in [4.78, 5) is 0. The number of terminal acetylenes is 2. The molecule has 0 N–H and O–H groups in total. The molecule has 2 heteroatoms. The highest BCUT2D eigenvalue weighted by Gasteiger charge is 2.33. The first kappa shape index (κ1) is 10.1. The topological polar surface area (TPSA) is 18.5 Å². The van der Waals surface area contributed by atoms with Gasteiger partial charge >= 0.3 is 0 Å². The van der Waals surface area contributed by atoms with Gasteiger partial charge in [-0.25, -0.2) is 0 Å². The quantitative estimate of drug-likeness (QED) is 0.587. The molecule has 2 radical (unpaired) electrons. The van der Waals surface area contributed by atoms with E-state index < -0.39 is 5.79 Å². The highest BCUT2D eigenvalue weighted by Crippen LogP contribution is 2.22. The molecular formula is C11H12O2. The Balaban J connectivity index is 2.48. The van der Waals surface area contributed by atoms with E-state index in [1.54, 1.807) is 0 Å². The molecule has 1 heterocycles. The molecule has 0 atom stereocenters. The van der Waals surface area contributed by atoms with Crippen molar-refractivity contribution in [1.29, 1.82) is 0 Å². The SMILES string of the molecule is [CH]CCC1COC(C#C)(C#C)OC1. The second kappa shape index (κ2) is 4.33. The third kappa shape index (κ3) is 2.25. The summed E-state index contributed by atoms with van der Waals surface area (Å²) >= 11 is 0. The van der Waals surface area contributed by atoms with Crippen molar-refractivity contribution in [1.82, 2.24) is 0 Å². The molecule has 0 aromatic carbocycles. The molecule has 0 amide bonds. The van der Waals surface area contributed by atoms with Crippen LogP contribution < -0.4 is 0 Å². The molecule has 68 valence electrons. The van der Waals surface area contributed by atoms with Crippen LogP contribution in [0, 0.1) is 37.5 Å². The van der Waals surface area contributed by atoms with Crippen LogP contribution in [-0.2, 0) is 9.47 Å². The third-order valence-electron chi connectivity index (χ3n) is 2.00. The summed E-state index contributed by atoms with van der Waals surface area (Å²) in [6.07, 6.45) is 11.9. The molecular weight excluding hydrogens is 164 g/mol. The minimum atomic E-state index is -1.24. The average Bonchev–Trinajstić information content (AvgIpc) is 2.20. The summed E-state index contributed by atoms with van der Waals surface area (Å²) < 4.78 is 10.6. The van der Waals surface area contributed by atoms with Crippen molar-refractivity contribution in [3.05, 3.63) is 6.92 Å². The Bertz CT molecular complexity index is 220. The molecule has 2 nitrogen and oxygen atoms in total. The second-order valence-corrected chi connectivity index (χ2v) is 2.97. The van der Waals surface area contributed by atoms with E-state index in [1.807, 2.05) is 0 Å². The molecule has 0 saturated carbocycles. The van der Waals surface area contributed by atoms with E-state index >= 15 is 0 Å². The largest absolute Gasteiger partial charge is 0.329 e. The molecule has 13 heavy (non-hydrogen) atoms. The van der Waals surface area contributed by atoms with Gasteiger partial charge in [0.15, 0.2) is 0 Å². The van der Waals surface area contributed by atoms with Gasteiger partial charge in [0.25, 0.3) is 5.79 Å². The molecule has 1 saturated heterocycles. The molecule has 0 aromatic rings.